The molecule has 0 aliphatic carbocycles. The number of likely N-dealkylation sites (tertiary alicyclic amines) is 2. The topological polar surface area (TPSA) is 49.3 Å². The van der Waals surface area contributed by atoms with Gasteiger partial charge in [-0.1, -0.05) is 6.07 Å². The first-order valence-corrected chi connectivity index (χ1v) is 12.5. The van der Waals surface area contributed by atoms with Gasteiger partial charge in [0.15, 0.2) is 5.96 Å². The number of thiophene rings is 1. The van der Waals surface area contributed by atoms with Crippen molar-refractivity contribution < 1.29 is 9.47 Å². The number of guanidine groups is 1. The summed E-state index contributed by atoms with van der Waals surface area (Å²) in [6, 6.07) is 4.96. The van der Waals surface area contributed by atoms with E-state index in [4.69, 9.17) is 14.5 Å². The van der Waals surface area contributed by atoms with Crippen molar-refractivity contribution in [2.75, 3.05) is 60.1 Å². The van der Waals surface area contributed by atoms with E-state index in [1.165, 1.54) is 24.3 Å². The van der Waals surface area contributed by atoms with E-state index in [9.17, 15) is 0 Å². The number of aliphatic imine (C=N–C) groups is 1. The van der Waals surface area contributed by atoms with Gasteiger partial charge in [0.25, 0.3) is 0 Å². The molecule has 30 heavy (non-hydrogen) atoms. The molecule has 2 aliphatic rings. The van der Waals surface area contributed by atoms with E-state index in [-0.39, 0.29) is 0 Å². The predicted molar refractivity (Wildman–Crippen MR) is 125 cm³/mol. The molecule has 1 aromatic heterocycles. The van der Waals surface area contributed by atoms with Gasteiger partial charge in [-0.05, 0) is 70.0 Å². The number of hydrogen-bond acceptors (Lipinski definition) is 5. The zero-order chi connectivity index (χ0) is 21.2. The molecule has 2 aliphatic heterocycles. The summed E-state index contributed by atoms with van der Waals surface area (Å²) in [6.07, 6.45) is 6.01. The number of piperidine rings is 2. The van der Waals surface area contributed by atoms with Gasteiger partial charge in [0.05, 0.1) is 6.10 Å². The third kappa shape index (κ3) is 6.67. The van der Waals surface area contributed by atoms with Gasteiger partial charge in [-0.15, -0.1) is 11.3 Å². The number of ether oxygens (including phenoxy) is 2. The molecular weight excluding hydrogens is 396 g/mol. The summed E-state index contributed by atoms with van der Waals surface area (Å²) in [5.74, 6) is 1.66. The van der Waals surface area contributed by atoms with Gasteiger partial charge >= 0.3 is 0 Å². The standard InChI is InChI=1S/C23H40N4O2S/c1-4-24-23(27-13-10-20(11-14-27)29-16-7-15-28-3)25-18-19-8-5-12-26(2)22(19)21-9-6-17-30-21/h6,9,17,19-20,22H,4-5,7-8,10-16,18H2,1-3H3,(H,24,25). The van der Waals surface area contributed by atoms with Gasteiger partial charge in [0, 0.05) is 57.4 Å². The minimum atomic E-state index is 0.371. The fourth-order valence-electron chi connectivity index (χ4n) is 4.68. The average molecular weight is 437 g/mol. The van der Waals surface area contributed by atoms with Gasteiger partial charge < -0.3 is 19.7 Å². The summed E-state index contributed by atoms with van der Waals surface area (Å²) in [7, 11) is 4.01. The number of methoxy groups -OCH3 is 1. The van der Waals surface area contributed by atoms with Gasteiger partial charge in [-0.2, -0.15) is 0 Å². The van der Waals surface area contributed by atoms with Crippen molar-refractivity contribution in [1.82, 2.24) is 15.1 Å². The van der Waals surface area contributed by atoms with Crippen LogP contribution in [-0.2, 0) is 9.47 Å². The molecule has 0 bridgehead atoms. The van der Waals surface area contributed by atoms with Crippen LogP contribution in [0.3, 0.4) is 0 Å². The first kappa shape index (κ1) is 23.5. The normalized spacial score (nSPS) is 24.4. The molecule has 2 fully saturated rings. The van der Waals surface area contributed by atoms with Crippen molar-refractivity contribution in [2.45, 2.75) is 51.2 Å². The smallest absolute Gasteiger partial charge is 0.193 e. The molecule has 0 saturated carbocycles. The molecule has 0 radical (unpaired) electrons. The Hall–Kier alpha value is -1.15. The van der Waals surface area contributed by atoms with Gasteiger partial charge in [-0.3, -0.25) is 9.89 Å². The highest BCUT2D eigenvalue weighted by molar-refractivity contribution is 7.10. The number of nitrogens with zero attached hydrogens (tertiary/aromatic N) is 3. The highest BCUT2D eigenvalue weighted by Gasteiger charge is 2.31. The van der Waals surface area contributed by atoms with Crippen molar-refractivity contribution in [3.8, 4) is 0 Å². The quantitative estimate of drug-likeness (QED) is 0.364. The molecule has 1 aromatic rings. The molecule has 7 heteroatoms. The van der Waals surface area contributed by atoms with E-state index in [1.54, 1.807) is 7.11 Å². The molecule has 2 unspecified atom stereocenters. The van der Waals surface area contributed by atoms with Crippen LogP contribution in [0.25, 0.3) is 0 Å². The molecule has 1 N–H and O–H groups in total. The van der Waals surface area contributed by atoms with Crippen molar-refractivity contribution in [3.05, 3.63) is 22.4 Å². The molecule has 0 aromatic carbocycles. The molecule has 3 heterocycles. The fraction of sp³-hybridized carbons (Fsp3) is 0.783. The monoisotopic (exact) mass is 436 g/mol. The molecule has 6 nitrogen and oxygen atoms in total. The summed E-state index contributed by atoms with van der Waals surface area (Å²) in [5, 5.41) is 5.73. The SMILES string of the molecule is CCNC(=NCC1CCCN(C)C1c1cccs1)N1CCC(OCCCOC)CC1. The summed E-state index contributed by atoms with van der Waals surface area (Å²) in [6.45, 7) is 8.74. The minimum absolute atomic E-state index is 0.371. The van der Waals surface area contributed by atoms with Crippen LogP contribution in [-0.4, -0.2) is 82.0 Å². The van der Waals surface area contributed by atoms with E-state index < -0.39 is 0 Å². The molecule has 2 atom stereocenters. The zero-order valence-corrected chi connectivity index (χ0v) is 19.8. The lowest BCUT2D eigenvalue weighted by Gasteiger charge is -2.39. The third-order valence-corrected chi connectivity index (χ3v) is 7.18. The first-order valence-electron chi connectivity index (χ1n) is 11.6. The summed E-state index contributed by atoms with van der Waals surface area (Å²) in [5.41, 5.74) is 0. The van der Waals surface area contributed by atoms with E-state index >= 15 is 0 Å². The summed E-state index contributed by atoms with van der Waals surface area (Å²) >= 11 is 1.88. The van der Waals surface area contributed by atoms with E-state index in [0.717, 1.165) is 64.6 Å². The van der Waals surface area contributed by atoms with Gasteiger partial charge in [-0.25, -0.2) is 0 Å². The Bertz CT molecular complexity index is 617. The Labute approximate surface area is 186 Å². The second-order valence-electron chi connectivity index (χ2n) is 8.44. The highest BCUT2D eigenvalue weighted by Crippen LogP contribution is 2.37. The minimum Gasteiger partial charge on any atom is -0.385 e. The first-order chi connectivity index (χ1) is 14.7. The lowest BCUT2D eigenvalue weighted by atomic mass is 9.88. The van der Waals surface area contributed by atoms with Crippen LogP contribution in [0.5, 0.6) is 0 Å². The Balaban J connectivity index is 1.55. The van der Waals surface area contributed by atoms with Crippen molar-refractivity contribution in [2.24, 2.45) is 10.9 Å². The Morgan fingerprint density at radius 2 is 2.07 bits per heavy atom. The van der Waals surface area contributed by atoms with Crippen LogP contribution in [0.4, 0.5) is 0 Å². The fourth-order valence-corrected chi connectivity index (χ4v) is 5.66. The van der Waals surface area contributed by atoms with Gasteiger partial charge in [0.1, 0.15) is 0 Å². The van der Waals surface area contributed by atoms with Crippen LogP contribution in [0.15, 0.2) is 22.5 Å². The van der Waals surface area contributed by atoms with E-state index in [2.05, 4.69) is 46.6 Å². The number of hydrogen-bond donors (Lipinski definition) is 1. The maximum absolute atomic E-state index is 6.02. The van der Waals surface area contributed by atoms with Gasteiger partial charge in [0.2, 0.25) is 0 Å². The molecule has 170 valence electrons. The average Bonchev–Trinajstić information content (AvgIpc) is 3.29. The highest BCUT2D eigenvalue weighted by atomic mass is 32.1. The zero-order valence-electron chi connectivity index (χ0n) is 19.0. The molecule has 0 amide bonds. The predicted octanol–water partition coefficient (Wildman–Crippen LogP) is 3.61. The second kappa shape index (κ2) is 12.6. The van der Waals surface area contributed by atoms with Crippen molar-refractivity contribution in [1.29, 1.82) is 0 Å². The van der Waals surface area contributed by atoms with Crippen LogP contribution in [0.1, 0.15) is 49.9 Å². The third-order valence-electron chi connectivity index (χ3n) is 6.24. The van der Waals surface area contributed by atoms with E-state index in [0.29, 0.717) is 18.1 Å². The lowest BCUT2D eigenvalue weighted by molar-refractivity contribution is 0.00987. The second-order valence-corrected chi connectivity index (χ2v) is 9.42. The van der Waals surface area contributed by atoms with Crippen molar-refractivity contribution in [3.63, 3.8) is 0 Å². The lowest BCUT2D eigenvalue weighted by Crippen LogP contribution is -2.47. The van der Waals surface area contributed by atoms with Crippen LogP contribution in [0, 0.1) is 5.92 Å². The maximum atomic E-state index is 6.02. The van der Waals surface area contributed by atoms with Crippen LogP contribution < -0.4 is 5.32 Å². The van der Waals surface area contributed by atoms with Crippen LogP contribution in [0.2, 0.25) is 0 Å². The Morgan fingerprint density at radius 3 is 2.77 bits per heavy atom. The Kier molecular flexibility index (Phi) is 9.91. The largest absolute Gasteiger partial charge is 0.385 e. The molecule has 0 spiro atoms. The maximum Gasteiger partial charge on any atom is 0.193 e. The molecular formula is C23H40N4O2S. The molecule has 2 saturated heterocycles. The summed E-state index contributed by atoms with van der Waals surface area (Å²) in [4.78, 5) is 11.5. The van der Waals surface area contributed by atoms with Crippen molar-refractivity contribution >= 4 is 17.3 Å². The number of rotatable bonds is 9. The number of nitrogens with one attached hydrogen (secondary N) is 1. The Morgan fingerprint density at radius 1 is 1.23 bits per heavy atom. The summed E-state index contributed by atoms with van der Waals surface area (Å²) < 4.78 is 11.1. The molecule has 3 rings (SSSR count). The van der Waals surface area contributed by atoms with E-state index in [1.807, 2.05) is 11.3 Å². The van der Waals surface area contributed by atoms with Crippen LogP contribution >= 0.6 is 11.3 Å².